The van der Waals surface area contributed by atoms with Gasteiger partial charge in [0.05, 0.1) is 5.60 Å². The molecular weight excluding hydrogens is 435 g/mol. The van der Waals surface area contributed by atoms with Crippen molar-refractivity contribution in [2.45, 2.75) is 77.2 Å². The Labute approximate surface area is 172 Å². The number of aliphatic hydroxyl groups is 1. The van der Waals surface area contributed by atoms with Crippen molar-refractivity contribution in [1.82, 2.24) is 0 Å². The molecule has 0 amide bonds. The minimum absolute atomic E-state index is 0.0258. The summed E-state index contributed by atoms with van der Waals surface area (Å²) in [5.41, 5.74) is 1.08. The van der Waals surface area contributed by atoms with Gasteiger partial charge in [0, 0.05) is 16.3 Å². The lowest BCUT2D eigenvalue weighted by Gasteiger charge is -2.59. The molecule has 0 aromatic carbocycles. The zero-order valence-corrected chi connectivity index (χ0v) is 18.4. The van der Waals surface area contributed by atoms with E-state index < -0.39 is 5.60 Å². The van der Waals surface area contributed by atoms with E-state index in [4.69, 9.17) is 0 Å². The first-order valence-electron chi connectivity index (χ1n) is 10.5. The Kier molecular flexibility index (Phi) is 4.95. The van der Waals surface area contributed by atoms with Crippen LogP contribution >= 0.6 is 22.6 Å². The van der Waals surface area contributed by atoms with E-state index in [2.05, 4.69) is 48.6 Å². The Morgan fingerprint density at radius 2 is 1.92 bits per heavy atom. The monoisotopic (exact) mass is 468 g/mol. The third kappa shape index (κ3) is 2.70. The number of alkyl halides is 1. The summed E-state index contributed by atoms with van der Waals surface area (Å²) in [7, 11) is 0. The van der Waals surface area contributed by atoms with Crippen molar-refractivity contribution >= 4 is 28.4 Å². The Balaban J connectivity index is 1.62. The normalized spacial score (nSPS) is 48.1. The molecule has 0 unspecified atom stereocenters. The fourth-order valence-corrected chi connectivity index (χ4v) is 7.59. The molecule has 144 valence electrons. The van der Waals surface area contributed by atoms with Gasteiger partial charge in [-0.25, -0.2) is 0 Å². The molecule has 4 aliphatic carbocycles. The second-order valence-electron chi connectivity index (χ2n) is 9.77. The molecular formula is C23H33IO2. The van der Waals surface area contributed by atoms with Gasteiger partial charge in [-0.2, -0.15) is 0 Å². The van der Waals surface area contributed by atoms with Crippen LogP contribution in [0.1, 0.15) is 71.6 Å². The van der Waals surface area contributed by atoms with Gasteiger partial charge >= 0.3 is 0 Å². The maximum atomic E-state index is 11.9. The summed E-state index contributed by atoms with van der Waals surface area (Å²) < 4.78 is 1.11. The molecule has 0 aromatic heterocycles. The van der Waals surface area contributed by atoms with Gasteiger partial charge in [0.25, 0.3) is 0 Å². The Morgan fingerprint density at radius 1 is 1.15 bits per heavy atom. The number of rotatable bonds is 3. The van der Waals surface area contributed by atoms with Gasteiger partial charge in [-0.05, 0) is 80.6 Å². The molecule has 4 aliphatic rings. The van der Waals surface area contributed by atoms with Crippen LogP contribution in [0.5, 0.6) is 0 Å². The van der Waals surface area contributed by atoms with Crippen LogP contribution in [-0.2, 0) is 4.79 Å². The van der Waals surface area contributed by atoms with Crippen molar-refractivity contribution in [3.05, 3.63) is 23.8 Å². The van der Waals surface area contributed by atoms with Crippen molar-refractivity contribution < 1.29 is 9.90 Å². The predicted octanol–water partition coefficient (Wildman–Crippen LogP) is 5.63. The molecule has 0 spiro atoms. The van der Waals surface area contributed by atoms with E-state index in [0.29, 0.717) is 17.6 Å². The van der Waals surface area contributed by atoms with Crippen LogP contribution in [-0.4, -0.2) is 20.9 Å². The highest BCUT2D eigenvalue weighted by molar-refractivity contribution is 14.1. The highest BCUT2D eigenvalue weighted by atomic mass is 127. The minimum Gasteiger partial charge on any atom is -0.385 e. The highest BCUT2D eigenvalue weighted by Crippen LogP contribution is 2.67. The quantitative estimate of drug-likeness (QED) is 0.331. The summed E-state index contributed by atoms with van der Waals surface area (Å²) in [6, 6.07) is 0. The Hall–Kier alpha value is -0.160. The second-order valence-corrected chi connectivity index (χ2v) is 10.8. The zero-order valence-electron chi connectivity index (χ0n) is 16.3. The van der Waals surface area contributed by atoms with Crippen LogP contribution in [0.15, 0.2) is 23.8 Å². The van der Waals surface area contributed by atoms with Gasteiger partial charge in [0.15, 0.2) is 5.78 Å². The van der Waals surface area contributed by atoms with Crippen LogP contribution in [0.4, 0.5) is 0 Å². The van der Waals surface area contributed by atoms with Gasteiger partial charge in [-0.3, -0.25) is 4.79 Å². The third-order valence-corrected chi connectivity index (χ3v) is 9.47. The lowest BCUT2D eigenvalue weighted by molar-refractivity contribution is -0.120. The average Bonchev–Trinajstić information content (AvgIpc) is 2.87. The molecule has 3 fully saturated rings. The Bertz CT molecular complexity index is 653. The van der Waals surface area contributed by atoms with Crippen molar-refractivity contribution in [2.24, 2.45) is 28.6 Å². The first kappa shape index (κ1) is 19.2. The standard InChI is InChI=1S/C23H33IO2/c1-21-11-7-17(25)15-16(21)5-6-18-19(21)8-12-22(2)20(18)9-13-23(22,26)10-3-4-14-24/h3,10,15,18-20,26H,4-9,11-14H2,1-2H3/b10-3+/t18-,19+,20+,21+,22+,23+/m1/s1. The molecule has 0 radical (unpaired) electrons. The molecule has 26 heavy (non-hydrogen) atoms. The number of allylic oxidation sites excluding steroid dienone is 2. The average molecular weight is 468 g/mol. The van der Waals surface area contributed by atoms with Crippen molar-refractivity contribution in [3.8, 4) is 0 Å². The maximum Gasteiger partial charge on any atom is 0.155 e. The molecule has 4 rings (SSSR count). The topological polar surface area (TPSA) is 37.3 Å². The van der Waals surface area contributed by atoms with E-state index in [0.717, 1.165) is 55.3 Å². The van der Waals surface area contributed by atoms with Gasteiger partial charge in [0.2, 0.25) is 0 Å². The number of hydrogen-bond acceptors (Lipinski definition) is 2. The molecule has 3 saturated carbocycles. The van der Waals surface area contributed by atoms with Gasteiger partial charge in [0.1, 0.15) is 0 Å². The molecule has 0 bridgehead atoms. The fourth-order valence-electron chi connectivity index (χ4n) is 7.23. The molecule has 0 aliphatic heterocycles. The van der Waals surface area contributed by atoms with E-state index in [9.17, 15) is 9.90 Å². The number of ketones is 1. The summed E-state index contributed by atoms with van der Waals surface area (Å²) in [5.74, 6) is 2.39. The van der Waals surface area contributed by atoms with Crippen molar-refractivity contribution in [2.75, 3.05) is 4.43 Å². The fraction of sp³-hybridized carbons (Fsp3) is 0.783. The van der Waals surface area contributed by atoms with Crippen LogP contribution in [0.2, 0.25) is 0 Å². The van der Waals surface area contributed by atoms with E-state index in [-0.39, 0.29) is 10.8 Å². The van der Waals surface area contributed by atoms with Crippen molar-refractivity contribution in [1.29, 1.82) is 0 Å². The third-order valence-electron chi connectivity index (χ3n) is 8.85. The van der Waals surface area contributed by atoms with Crippen LogP contribution in [0.3, 0.4) is 0 Å². The lowest BCUT2D eigenvalue weighted by Crippen LogP contribution is -2.54. The van der Waals surface area contributed by atoms with Crippen molar-refractivity contribution in [3.63, 3.8) is 0 Å². The molecule has 3 heteroatoms. The molecule has 1 N–H and O–H groups in total. The van der Waals surface area contributed by atoms with Gasteiger partial charge in [-0.1, -0.05) is 54.2 Å². The smallest absolute Gasteiger partial charge is 0.155 e. The summed E-state index contributed by atoms with van der Waals surface area (Å²) in [4.78, 5) is 11.9. The maximum absolute atomic E-state index is 11.9. The van der Waals surface area contributed by atoms with Crippen LogP contribution in [0.25, 0.3) is 0 Å². The number of carbonyl (C=O) groups is 1. The molecule has 0 aromatic rings. The number of hydrogen-bond donors (Lipinski definition) is 1. The second kappa shape index (κ2) is 6.72. The van der Waals surface area contributed by atoms with E-state index >= 15 is 0 Å². The summed E-state index contributed by atoms with van der Waals surface area (Å²) >= 11 is 2.40. The largest absolute Gasteiger partial charge is 0.385 e. The van der Waals surface area contributed by atoms with Crippen LogP contribution in [0, 0.1) is 28.6 Å². The zero-order chi connectivity index (χ0) is 18.6. The first-order valence-corrected chi connectivity index (χ1v) is 12.1. The number of halogens is 1. The summed E-state index contributed by atoms with van der Waals surface area (Å²) in [6.07, 6.45) is 15.9. The Morgan fingerprint density at radius 3 is 2.69 bits per heavy atom. The minimum atomic E-state index is -0.617. The van der Waals surface area contributed by atoms with E-state index in [1.54, 1.807) is 0 Å². The molecule has 6 atom stereocenters. The van der Waals surface area contributed by atoms with E-state index in [1.165, 1.54) is 18.4 Å². The molecule has 0 saturated heterocycles. The van der Waals surface area contributed by atoms with Gasteiger partial charge < -0.3 is 5.11 Å². The lowest BCUT2D eigenvalue weighted by atomic mass is 9.46. The van der Waals surface area contributed by atoms with Crippen LogP contribution < -0.4 is 0 Å². The number of carbonyl (C=O) groups excluding carboxylic acids is 1. The van der Waals surface area contributed by atoms with E-state index in [1.807, 2.05) is 6.08 Å². The highest BCUT2D eigenvalue weighted by Gasteiger charge is 2.63. The SMILES string of the molecule is C[C@]12CCC(=O)C=C1CC[C@@H]1[C@@H]2CC[C@@]2(C)[C@H]1CC[C@@]2(O)/C=C/CCI. The number of fused-ring (bicyclic) bond motifs is 5. The first-order chi connectivity index (χ1) is 12.3. The summed E-state index contributed by atoms with van der Waals surface area (Å²) in [5, 5.41) is 11.5. The van der Waals surface area contributed by atoms with Gasteiger partial charge in [-0.15, -0.1) is 0 Å². The summed E-state index contributed by atoms with van der Waals surface area (Å²) in [6.45, 7) is 4.81. The predicted molar refractivity (Wildman–Crippen MR) is 114 cm³/mol. The molecule has 2 nitrogen and oxygen atoms in total. The molecule has 0 heterocycles.